The average molecular weight is 340 g/mol. The molecule has 1 heterocycles. The van der Waals surface area contributed by atoms with Gasteiger partial charge in [-0.1, -0.05) is 18.3 Å². The van der Waals surface area contributed by atoms with Gasteiger partial charge in [-0.15, -0.1) is 0 Å². The van der Waals surface area contributed by atoms with E-state index in [4.69, 9.17) is 18.0 Å². The Hall–Kier alpha value is -1.53. The number of nitrogens with zero attached hydrogens (tertiary/aromatic N) is 1. The normalized spacial score (nSPS) is 10.3. The molecule has 0 atom stereocenters. The zero-order chi connectivity index (χ0) is 14.0. The molecule has 0 spiro atoms. The number of hydrogen-bond acceptors (Lipinski definition) is 3. The molecule has 0 saturated heterocycles. The molecule has 0 amide bonds. The molecule has 0 radical (unpaired) electrons. The minimum Gasteiger partial charge on any atom is -0.389 e. The Morgan fingerprint density at radius 1 is 1.42 bits per heavy atom. The Kier molecular flexibility index (Phi) is 4.11. The molecule has 98 valence electrons. The number of pyridine rings is 1. The van der Waals surface area contributed by atoms with Crippen molar-refractivity contribution in [2.24, 2.45) is 5.73 Å². The summed E-state index contributed by atoms with van der Waals surface area (Å²) in [4.78, 5) is 4.56. The summed E-state index contributed by atoms with van der Waals surface area (Å²) in [5, 5.41) is 2.93. The smallest absolute Gasteiger partial charge is 0.147 e. The van der Waals surface area contributed by atoms with Gasteiger partial charge < -0.3 is 11.1 Å². The van der Waals surface area contributed by atoms with Gasteiger partial charge in [-0.3, -0.25) is 0 Å². The van der Waals surface area contributed by atoms with E-state index < -0.39 is 0 Å². The molecule has 0 aliphatic carbocycles. The van der Waals surface area contributed by atoms with Gasteiger partial charge in [0.2, 0.25) is 0 Å². The SMILES string of the molecule is Cc1cc(C(N)=S)cc(Nc2c(F)cccc2Br)n1. The van der Waals surface area contributed by atoms with Crippen LogP contribution in [0.4, 0.5) is 15.9 Å². The summed E-state index contributed by atoms with van der Waals surface area (Å²) in [7, 11) is 0. The van der Waals surface area contributed by atoms with E-state index in [1.165, 1.54) is 6.07 Å². The van der Waals surface area contributed by atoms with Gasteiger partial charge in [-0.05, 0) is 47.1 Å². The summed E-state index contributed by atoms with van der Waals surface area (Å²) >= 11 is 8.23. The lowest BCUT2D eigenvalue weighted by atomic mass is 10.2. The van der Waals surface area contributed by atoms with Crippen LogP contribution in [0.3, 0.4) is 0 Å². The predicted octanol–water partition coefficient (Wildman–Crippen LogP) is 3.67. The first-order valence-corrected chi connectivity index (χ1v) is 6.67. The molecular formula is C13H11BrFN3S. The summed E-state index contributed by atoms with van der Waals surface area (Å²) in [6.07, 6.45) is 0. The second-order valence-corrected chi connectivity index (χ2v) is 5.26. The largest absolute Gasteiger partial charge is 0.389 e. The standard InChI is InChI=1S/C13H11BrFN3S/c1-7-5-8(13(16)19)6-11(17-7)18-12-9(14)3-2-4-10(12)15/h2-6H,1H3,(H2,16,19)(H,17,18). The lowest BCUT2D eigenvalue weighted by Crippen LogP contribution is -2.11. The Morgan fingerprint density at radius 3 is 2.79 bits per heavy atom. The van der Waals surface area contributed by atoms with E-state index in [9.17, 15) is 4.39 Å². The molecule has 3 N–H and O–H groups in total. The van der Waals surface area contributed by atoms with E-state index >= 15 is 0 Å². The molecule has 0 fully saturated rings. The fourth-order valence-corrected chi connectivity index (χ4v) is 2.18. The van der Waals surface area contributed by atoms with E-state index in [1.807, 2.05) is 6.92 Å². The Morgan fingerprint density at radius 2 is 2.16 bits per heavy atom. The lowest BCUT2D eigenvalue weighted by molar-refractivity contribution is 0.631. The number of thiocarbonyl (C=S) groups is 1. The van der Waals surface area contributed by atoms with E-state index in [0.717, 1.165) is 5.69 Å². The van der Waals surface area contributed by atoms with Gasteiger partial charge in [-0.25, -0.2) is 9.37 Å². The van der Waals surface area contributed by atoms with E-state index in [-0.39, 0.29) is 10.8 Å². The fourth-order valence-electron chi connectivity index (χ4n) is 1.62. The summed E-state index contributed by atoms with van der Waals surface area (Å²) in [6.45, 7) is 1.82. The van der Waals surface area contributed by atoms with Crippen LogP contribution in [0.1, 0.15) is 11.3 Å². The van der Waals surface area contributed by atoms with Crippen molar-refractivity contribution in [2.45, 2.75) is 6.92 Å². The third-order valence-electron chi connectivity index (χ3n) is 2.45. The molecule has 1 aromatic carbocycles. The minimum absolute atomic E-state index is 0.279. The van der Waals surface area contributed by atoms with Crippen molar-refractivity contribution >= 4 is 44.6 Å². The highest BCUT2D eigenvalue weighted by molar-refractivity contribution is 9.10. The Labute approximate surface area is 124 Å². The predicted molar refractivity (Wildman–Crippen MR) is 82.2 cm³/mol. The van der Waals surface area contributed by atoms with Gasteiger partial charge in [0.25, 0.3) is 0 Å². The van der Waals surface area contributed by atoms with Gasteiger partial charge in [0, 0.05) is 15.7 Å². The van der Waals surface area contributed by atoms with Gasteiger partial charge in [0.15, 0.2) is 0 Å². The third-order valence-corrected chi connectivity index (χ3v) is 3.35. The van der Waals surface area contributed by atoms with Crippen LogP contribution in [0.2, 0.25) is 0 Å². The molecular weight excluding hydrogens is 329 g/mol. The summed E-state index contributed by atoms with van der Waals surface area (Å²) in [6, 6.07) is 8.21. The molecule has 3 nitrogen and oxygen atoms in total. The highest BCUT2D eigenvalue weighted by Crippen LogP contribution is 2.28. The number of benzene rings is 1. The van der Waals surface area contributed by atoms with Crippen LogP contribution in [0.15, 0.2) is 34.8 Å². The maximum Gasteiger partial charge on any atom is 0.147 e. The van der Waals surface area contributed by atoms with Gasteiger partial charge in [-0.2, -0.15) is 0 Å². The summed E-state index contributed by atoms with van der Waals surface area (Å²) in [5.41, 5.74) is 7.37. The van der Waals surface area contributed by atoms with Crippen LogP contribution >= 0.6 is 28.1 Å². The van der Waals surface area contributed by atoms with Crippen LogP contribution in [0.25, 0.3) is 0 Å². The average Bonchev–Trinajstić information content (AvgIpc) is 2.33. The zero-order valence-electron chi connectivity index (χ0n) is 10.1. The van der Waals surface area contributed by atoms with Crippen LogP contribution < -0.4 is 11.1 Å². The van der Waals surface area contributed by atoms with Crippen LogP contribution in [-0.2, 0) is 0 Å². The monoisotopic (exact) mass is 339 g/mol. The number of anilines is 2. The topological polar surface area (TPSA) is 50.9 Å². The fraction of sp³-hybridized carbons (Fsp3) is 0.0769. The van der Waals surface area contributed by atoms with Crippen molar-refractivity contribution < 1.29 is 4.39 Å². The minimum atomic E-state index is -0.366. The van der Waals surface area contributed by atoms with Crippen molar-refractivity contribution in [1.29, 1.82) is 0 Å². The number of nitrogens with one attached hydrogen (secondary N) is 1. The molecule has 6 heteroatoms. The zero-order valence-corrected chi connectivity index (χ0v) is 12.5. The number of aromatic nitrogens is 1. The second-order valence-electron chi connectivity index (χ2n) is 3.97. The molecule has 0 unspecified atom stereocenters. The second kappa shape index (κ2) is 5.63. The molecule has 0 saturated carbocycles. The molecule has 0 aliphatic heterocycles. The van der Waals surface area contributed by atoms with Crippen molar-refractivity contribution in [3.63, 3.8) is 0 Å². The number of aryl methyl sites for hydroxylation is 1. The van der Waals surface area contributed by atoms with E-state index in [1.54, 1.807) is 24.3 Å². The molecule has 2 rings (SSSR count). The van der Waals surface area contributed by atoms with Crippen LogP contribution in [0.5, 0.6) is 0 Å². The van der Waals surface area contributed by atoms with Crippen molar-refractivity contribution in [3.8, 4) is 0 Å². The molecule has 2 aromatic rings. The van der Waals surface area contributed by atoms with E-state index in [2.05, 4.69) is 26.2 Å². The van der Waals surface area contributed by atoms with Crippen molar-refractivity contribution in [1.82, 2.24) is 4.98 Å². The molecule has 1 aromatic heterocycles. The molecule has 0 bridgehead atoms. The maximum absolute atomic E-state index is 13.7. The van der Waals surface area contributed by atoms with Crippen molar-refractivity contribution in [3.05, 3.63) is 51.9 Å². The summed E-state index contributed by atoms with van der Waals surface area (Å²) < 4.78 is 14.3. The first-order valence-electron chi connectivity index (χ1n) is 5.47. The number of hydrogen-bond donors (Lipinski definition) is 2. The first kappa shape index (κ1) is 13.9. The number of para-hydroxylation sites is 1. The molecule has 19 heavy (non-hydrogen) atoms. The first-order chi connectivity index (χ1) is 8.97. The summed E-state index contributed by atoms with van der Waals surface area (Å²) in [5.74, 6) is 0.128. The van der Waals surface area contributed by atoms with Gasteiger partial charge >= 0.3 is 0 Å². The molecule has 0 aliphatic rings. The van der Waals surface area contributed by atoms with Gasteiger partial charge in [0.1, 0.15) is 16.6 Å². The third kappa shape index (κ3) is 3.27. The Bertz CT molecular complexity index is 626. The van der Waals surface area contributed by atoms with Crippen LogP contribution in [-0.4, -0.2) is 9.97 Å². The lowest BCUT2D eigenvalue weighted by Gasteiger charge is -2.11. The van der Waals surface area contributed by atoms with Gasteiger partial charge in [0.05, 0.1) is 5.69 Å². The van der Waals surface area contributed by atoms with Crippen molar-refractivity contribution in [2.75, 3.05) is 5.32 Å². The highest BCUT2D eigenvalue weighted by Gasteiger charge is 2.09. The number of halogens is 2. The van der Waals surface area contributed by atoms with Crippen LogP contribution in [0, 0.1) is 12.7 Å². The Balaban J connectivity index is 2.41. The number of rotatable bonds is 3. The van der Waals surface area contributed by atoms with E-state index in [0.29, 0.717) is 21.5 Å². The quantitative estimate of drug-likeness (QED) is 0.837. The number of nitrogens with two attached hydrogens (primary N) is 1. The maximum atomic E-state index is 13.7. The highest BCUT2D eigenvalue weighted by atomic mass is 79.9.